The number of aromatic nitrogens is 2. The summed E-state index contributed by atoms with van der Waals surface area (Å²) in [5, 5.41) is 8.23. The lowest BCUT2D eigenvalue weighted by atomic mass is 9.81. The van der Waals surface area contributed by atoms with E-state index in [0.717, 1.165) is 49.6 Å². The van der Waals surface area contributed by atoms with Crippen LogP contribution in [0.2, 0.25) is 0 Å². The minimum Gasteiger partial charge on any atom is -0.317 e. The van der Waals surface area contributed by atoms with Gasteiger partial charge in [0.15, 0.2) is 0 Å². The second kappa shape index (κ2) is 6.13. The number of allylic oxidation sites excluding steroid dienone is 4. The van der Waals surface area contributed by atoms with Gasteiger partial charge in [0, 0.05) is 12.0 Å². The van der Waals surface area contributed by atoms with E-state index >= 15 is 0 Å². The van der Waals surface area contributed by atoms with Gasteiger partial charge in [-0.1, -0.05) is 31.6 Å². The van der Waals surface area contributed by atoms with Crippen LogP contribution in [0.15, 0.2) is 39.8 Å². The molecule has 1 aromatic heterocycles. The average molecular weight is 324 g/mol. The van der Waals surface area contributed by atoms with Gasteiger partial charge in [-0.3, -0.25) is 4.79 Å². The van der Waals surface area contributed by atoms with Crippen LogP contribution in [0.4, 0.5) is 0 Å². The third kappa shape index (κ3) is 2.47. The first kappa shape index (κ1) is 15.5. The summed E-state index contributed by atoms with van der Waals surface area (Å²) in [6.45, 7) is 6.42. The van der Waals surface area contributed by atoms with Crippen LogP contribution >= 0.6 is 0 Å². The summed E-state index contributed by atoms with van der Waals surface area (Å²) in [4.78, 5) is 16.6. The molecule has 1 fully saturated rings. The number of fused-ring (bicyclic) bond motifs is 3. The molecule has 3 aliphatic rings. The maximum absolute atomic E-state index is 12.3. The molecule has 3 heterocycles. The van der Waals surface area contributed by atoms with Gasteiger partial charge < -0.3 is 5.32 Å². The first-order chi connectivity index (χ1) is 11.7. The summed E-state index contributed by atoms with van der Waals surface area (Å²) >= 11 is 0. The first-order valence-electron chi connectivity index (χ1n) is 9.00. The van der Waals surface area contributed by atoms with Gasteiger partial charge in [-0.15, -0.1) is 0 Å². The highest BCUT2D eigenvalue weighted by Crippen LogP contribution is 2.39. The molecule has 0 saturated carbocycles. The Hall–Kier alpha value is -2.01. The van der Waals surface area contributed by atoms with E-state index in [4.69, 9.17) is 5.10 Å². The molecule has 0 bridgehead atoms. The third-order valence-corrected chi connectivity index (χ3v) is 5.55. The predicted molar refractivity (Wildman–Crippen MR) is 95.6 cm³/mol. The van der Waals surface area contributed by atoms with Crippen LogP contribution in [-0.4, -0.2) is 28.5 Å². The van der Waals surface area contributed by atoms with E-state index in [-0.39, 0.29) is 11.5 Å². The van der Waals surface area contributed by atoms with Crippen molar-refractivity contribution in [2.24, 2.45) is 11.0 Å². The molecule has 5 nitrogen and oxygen atoms in total. The predicted octanol–water partition coefficient (Wildman–Crippen LogP) is 2.55. The van der Waals surface area contributed by atoms with Crippen molar-refractivity contribution in [3.8, 4) is 0 Å². The number of hydrogen-bond acceptors (Lipinski definition) is 4. The van der Waals surface area contributed by atoms with Crippen LogP contribution in [0.3, 0.4) is 0 Å². The molecule has 1 N–H and O–H groups in total. The molecule has 4 rings (SSSR count). The Balaban J connectivity index is 1.82. The van der Waals surface area contributed by atoms with Gasteiger partial charge in [0.05, 0.1) is 17.3 Å². The lowest BCUT2D eigenvalue weighted by Gasteiger charge is -2.25. The van der Waals surface area contributed by atoms with Gasteiger partial charge >= 0.3 is 0 Å². The lowest BCUT2D eigenvalue weighted by Crippen LogP contribution is -2.29. The van der Waals surface area contributed by atoms with Crippen molar-refractivity contribution in [1.82, 2.24) is 15.0 Å². The molecule has 1 aromatic rings. The molecule has 0 amide bonds. The maximum atomic E-state index is 12.3. The molecular formula is C19H24N4O. The summed E-state index contributed by atoms with van der Waals surface area (Å²) in [5.74, 6) is 1.68. The molecule has 0 radical (unpaired) electrons. The zero-order valence-corrected chi connectivity index (χ0v) is 14.3. The van der Waals surface area contributed by atoms with Crippen LogP contribution in [0.1, 0.15) is 56.5 Å². The van der Waals surface area contributed by atoms with Crippen molar-refractivity contribution in [3.05, 3.63) is 51.7 Å². The number of nitrogens with zero attached hydrogens (tertiary/aromatic N) is 3. The second-order valence-corrected chi connectivity index (χ2v) is 7.01. The van der Waals surface area contributed by atoms with E-state index in [9.17, 15) is 4.79 Å². The molecule has 2 atom stereocenters. The van der Waals surface area contributed by atoms with Crippen molar-refractivity contribution in [3.63, 3.8) is 0 Å². The Morgan fingerprint density at radius 1 is 1.38 bits per heavy atom. The number of rotatable bonds is 3. The molecule has 0 spiro atoms. The van der Waals surface area contributed by atoms with E-state index in [1.807, 2.05) is 4.68 Å². The van der Waals surface area contributed by atoms with Gasteiger partial charge in [0.25, 0.3) is 5.56 Å². The highest BCUT2D eigenvalue weighted by atomic mass is 16.1. The van der Waals surface area contributed by atoms with Crippen molar-refractivity contribution in [2.45, 2.75) is 44.9 Å². The van der Waals surface area contributed by atoms with E-state index in [1.54, 1.807) is 6.07 Å². The summed E-state index contributed by atoms with van der Waals surface area (Å²) in [6.07, 6.45) is 9.47. The Bertz CT molecular complexity index is 796. The van der Waals surface area contributed by atoms with Crippen LogP contribution in [0.25, 0.3) is 0 Å². The second-order valence-electron chi connectivity index (χ2n) is 7.01. The minimum atomic E-state index is -0.135. The third-order valence-electron chi connectivity index (χ3n) is 5.55. The monoisotopic (exact) mass is 324 g/mol. The fourth-order valence-corrected chi connectivity index (χ4v) is 4.01. The van der Waals surface area contributed by atoms with Gasteiger partial charge in [-0.2, -0.15) is 10.1 Å². The van der Waals surface area contributed by atoms with Gasteiger partial charge in [0.2, 0.25) is 0 Å². The molecule has 126 valence electrons. The van der Waals surface area contributed by atoms with Gasteiger partial charge in [0.1, 0.15) is 5.82 Å². The van der Waals surface area contributed by atoms with E-state index < -0.39 is 0 Å². The Kier molecular flexibility index (Phi) is 3.96. The molecule has 0 aromatic carbocycles. The number of hydrogen-bond donors (Lipinski definition) is 1. The summed E-state index contributed by atoms with van der Waals surface area (Å²) < 4.78 is 1.96. The molecule has 1 saturated heterocycles. The maximum Gasteiger partial charge on any atom is 0.273 e. The van der Waals surface area contributed by atoms with Gasteiger partial charge in [-0.25, -0.2) is 4.68 Å². The fraction of sp³-hybridized carbons (Fsp3) is 0.526. The van der Waals surface area contributed by atoms with Crippen molar-refractivity contribution in [2.75, 3.05) is 13.1 Å². The topological polar surface area (TPSA) is 59.3 Å². The molecule has 2 unspecified atom stereocenters. The standard InChI is InChI=1S/C19H24N4O/c1-3-12(2)14-5-4-6-15-18(14)19-21-17(24)11-16(23(19)22-15)13-7-9-20-10-8-13/h4-6,11-13,18,20H,3,7-10H2,1-2H3. The Labute approximate surface area is 142 Å². The molecule has 1 aliphatic carbocycles. The van der Waals surface area contributed by atoms with Crippen LogP contribution in [0.5, 0.6) is 0 Å². The largest absolute Gasteiger partial charge is 0.317 e. The number of nitrogens with one attached hydrogen (secondary N) is 1. The van der Waals surface area contributed by atoms with Crippen LogP contribution in [-0.2, 0) is 0 Å². The van der Waals surface area contributed by atoms with E-state index in [2.05, 4.69) is 42.4 Å². The average Bonchev–Trinajstić information content (AvgIpc) is 2.99. The van der Waals surface area contributed by atoms with Crippen LogP contribution in [0, 0.1) is 5.92 Å². The number of piperidine rings is 1. The van der Waals surface area contributed by atoms with E-state index in [1.165, 1.54) is 5.57 Å². The fourth-order valence-electron chi connectivity index (χ4n) is 4.01. The van der Waals surface area contributed by atoms with Crippen molar-refractivity contribution >= 4 is 5.71 Å². The van der Waals surface area contributed by atoms with Crippen LogP contribution < -0.4 is 10.9 Å². The van der Waals surface area contributed by atoms with Crippen molar-refractivity contribution < 1.29 is 0 Å². The zero-order chi connectivity index (χ0) is 16.7. The normalized spacial score (nSPS) is 24.2. The molecule has 24 heavy (non-hydrogen) atoms. The lowest BCUT2D eigenvalue weighted by molar-refractivity contribution is 0.439. The summed E-state index contributed by atoms with van der Waals surface area (Å²) in [7, 11) is 0. The molecular weight excluding hydrogens is 300 g/mol. The Morgan fingerprint density at radius 3 is 2.92 bits per heavy atom. The van der Waals surface area contributed by atoms with Gasteiger partial charge in [-0.05, 0) is 44.3 Å². The summed E-state index contributed by atoms with van der Waals surface area (Å²) in [5.41, 5.74) is 3.23. The highest BCUT2D eigenvalue weighted by molar-refractivity contribution is 6.04. The highest BCUT2D eigenvalue weighted by Gasteiger charge is 2.36. The Morgan fingerprint density at radius 2 is 2.17 bits per heavy atom. The molecule has 5 heteroatoms. The quantitative estimate of drug-likeness (QED) is 0.929. The van der Waals surface area contributed by atoms with Crippen molar-refractivity contribution in [1.29, 1.82) is 0 Å². The van der Waals surface area contributed by atoms with E-state index in [0.29, 0.717) is 11.8 Å². The molecule has 2 aliphatic heterocycles. The first-order valence-corrected chi connectivity index (χ1v) is 9.00. The minimum absolute atomic E-state index is 0.0410. The smallest absolute Gasteiger partial charge is 0.273 e. The zero-order valence-electron chi connectivity index (χ0n) is 14.3. The SMILES string of the molecule is CCC(C)C1=CC=CC2=Nn3c(C4CCNCC4)cc(=O)nc3C12. The summed E-state index contributed by atoms with van der Waals surface area (Å²) in [6, 6.07) is 1.69.